The highest BCUT2D eigenvalue weighted by Gasteiger charge is 2.17. The first-order valence-electron chi connectivity index (χ1n) is 9.60. The van der Waals surface area contributed by atoms with Gasteiger partial charge < -0.3 is 10.3 Å². The minimum absolute atomic E-state index is 0.0854. The molecule has 3 rings (SSSR count). The molecule has 8 heteroatoms. The van der Waals surface area contributed by atoms with E-state index in [0.717, 1.165) is 27.7 Å². The van der Waals surface area contributed by atoms with E-state index in [9.17, 15) is 18.8 Å². The molecule has 0 aliphatic heterocycles. The van der Waals surface area contributed by atoms with Crippen molar-refractivity contribution in [3.63, 3.8) is 0 Å². The van der Waals surface area contributed by atoms with E-state index in [0.29, 0.717) is 6.42 Å². The smallest absolute Gasteiger partial charge is 0.327 e. The van der Waals surface area contributed by atoms with E-state index in [2.05, 4.69) is 21.2 Å². The lowest BCUT2D eigenvalue weighted by molar-refractivity contribution is -0.141. The van der Waals surface area contributed by atoms with Crippen molar-refractivity contribution in [1.29, 1.82) is 0 Å². The van der Waals surface area contributed by atoms with Crippen molar-refractivity contribution >= 4 is 28.6 Å². The van der Waals surface area contributed by atoms with E-state index in [-0.39, 0.29) is 18.3 Å². The third-order valence-electron chi connectivity index (χ3n) is 4.49. The summed E-state index contributed by atoms with van der Waals surface area (Å²) >= 11 is 0. The van der Waals surface area contributed by atoms with Crippen LogP contribution in [-0.4, -0.2) is 28.7 Å². The number of aryl methyl sites for hydroxylation is 1. The zero-order chi connectivity index (χ0) is 21.7. The molecule has 0 fully saturated rings. The van der Waals surface area contributed by atoms with Crippen LogP contribution in [0.4, 0.5) is 4.39 Å². The number of hydrogen-bond acceptors (Lipinski definition) is 3. The van der Waals surface area contributed by atoms with Crippen LogP contribution in [0, 0.1) is 5.82 Å². The molecule has 0 spiro atoms. The maximum Gasteiger partial charge on any atom is 0.327 e. The van der Waals surface area contributed by atoms with E-state index < -0.39 is 17.7 Å². The third-order valence-corrected chi connectivity index (χ3v) is 4.49. The number of carbonyl (C=O) groups excluding carboxylic acids is 3. The van der Waals surface area contributed by atoms with Crippen molar-refractivity contribution in [2.75, 3.05) is 0 Å². The van der Waals surface area contributed by atoms with Crippen LogP contribution in [0.15, 0.2) is 48.5 Å². The summed E-state index contributed by atoms with van der Waals surface area (Å²) in [4.78, 5) is 38.8. The van der Waals surface area contributed by atoms with Gasteiger partial charge in [0.1, 0.15) is 5.82 Å². The molecule has 3 aromatic rings. The van der Waals surface area contributed by atoms with Crippen molar-refractivity contribution in [3.05, 3.63) is 59.9 Å². The molecule has 0 unspecified atom stereocenters. The highest BCUT2D eigenvalue weighted by Crippen LogP contribution is 2.31. The van der Waals surface area contributed by atoms with Crippen LogP contribution in [-0.2, 0) is 20.8 Å². The summed E-state index contributed by atoms with van der Waals surface area (Å²) in [6, 6.07) is 13.6. The van der Waals surface area contributed by atoms with Crippen LogP contribution in [0.3, 0.4) is 0 Å². The van der Waals surface area contributed by atoms with E-state index in [4.69, 9.17) is 0 Å². The molecule has 3 amide bonds. The van der Waals surface area contributed by atoms with Gasteiger partial charge in [0.15, 0.2) is 0 Å². The van der Waals surface area contributed by atoms with E-state index in [1.54, 1.807) is 26.0 Å². The number of hydrazine groups is 1. The third kappa shape index (κ3) is 5.02. The number of rotatable bonds is 5. The van der Waals surface area contributed by atoms with Gasteiger partial charge in [-0.3, -0.25) is 25.2 Å². The van der Waals surface area contributed by atoms with Crippen molar-refractivity contribution in [1.82, 2.24) is 21.2 Å². The normalized spacial score (nSPS) is 10.8. The van der Waals surface area contributed by atoms with Gasteiger partial charge >= 0.3 is 11.8 Å². The number of aromatic nitrogens is 1. The molecular weight excluding hydrogens is 387 g/mol. The van der Waals surface area contributed by atoms with Gasteiger partial charge in [-0.15, -0.1) is 0 Å². The fourth-order valence-corrected chi connectivity index (χ4v) is 3.13. The monoisotopic (exact) mass is 410 g/mol. The van der Waals surface area contributed by atoms with Gasteiger partial charge in [-0.05, 0) is 61.7 Å². The second-order valence-corrected chi connectivity index (χ2v) is 7.16. The Balaban J connectivity index is 1.70. The summed E-state index contributed by atoms with van der Waals surface area (Å²) in [6.45, 7) is 3.45. The molecule has 30 heavy (non-hydrogen) atoms. The lowest BCUT2D eigenvalue weighted by atomic mass is 10.0. The number of carbonyl (C=O) groups is 3. The second-order valence-electron chi connectivity index (χ2n) is 7.16. The first-order chi connectivity index (χ1) is 14.3. The first-order valence-corrected chi connectivity index (χ1v) is 9.60. The minimum atomic E-state index is -0.934. The minimum Gasteiger partial charge on any atom is -0.354 e. The number of nitrogens with one attached hydrogen (secondary N) is 4. The number of aromatic amines is 1. The number of benzene rings is 2. The topological polar surface area (TPSA) is 103 Å². The molecule has 4 N–H and O–H groups in total. The Morgan fingerprint density at radius 2 is 1.67 bits per heavy atom. The molecule has 0 bridgehead atoms. The number of para-hydroxylation sites is 1. The van der Waals surface area contributed by atoms with Crippen molar-refractivity contribution in [2.24, 2.45) is 0 Å². The Kier molecular flexibility index (Phi) is 6.46. The standard InChI is InChI=1S/C22H23FN4O3/c1-13(2)24-21(29)22(30)27-26-19(28)12-11-17-16-5-3-4-6-18(16)25-20(17)14-7-9-15(23)10-8-14/h3-10,13,25H,11-12H2,1-2H3,(H,24,29)(H,26,28)(H,27,30). The molecule has 156 valence electrons. The predicted octanol–water partition coefficient (Wildman–Crippen LogP) is 2.58. The summed E-state index contributed by atoms with van der Waals surface area (Å²) in [5.74, 6) is -2.51. The second kappa shape index (κ2) is 9.21. The molecule has 0 saturated heterocycles. The van der Waals surface area contributed by atoms with Crippen molar-refractivity contribution < 1.29 is 18.8 Å². The van der Waals surface area contributed by atoms with Crippen LogP contribution >= 0.6 is 0 Å². The molecular formula is C22H23FN4O3. The molecule has 0 aliphatic carbocycles. The Hall–Kier alpha value is -3.68. The summed E-state index contributed by atoms with van der Waals surface area (Å²) < 4.78 is 13.3. The Labute approximate surface area is 173 Å². The number of halogens is 1. The number of amides is 3. The summed E-state index contributed by atoms with van der Waals surface area (Å²) in [5.41, 5.74) is 7.80. The largest absolute Gasteiger partial charge is 0.354 e. The predicted molar refractivity (Wildman–Crippen MR) is 112 cm³/mol. The van der Waals surface area contributed by atoms with Crippen LogP contribution in [0.2, 0.25) is 0 Å². The van der Waals surface area contributed by atoms with E-state index >= 15 is 0 Å². The van der Waals surface area contributed by atoms with Gasteiger partial charge in [0.25, 0.3) is 0 Å². The van der Waals surface area contributed by atoms with E-state index in [1.165, 1.54) is 12.1 Å². The fraction of sp³-hybridized carbons (Fsp3) is 0.227. The highest BCUT2D eigenvalue weighted by molar-refractivity contribution is 6.35. The van der Waals surface area contributed by atoms with Gasteiger partial charge in [-0.1, -0.05) is 18.2 Å². The first kappa shape index (κ1) is 21.0. The van der Waals surface area contributed by atoms with Crippen molar-refractivity contribution in [2.45, 2.75) is 32.7 Å². The van der Waals surface area contributed by atoms with Crippen LogP contribution in [0.1, 0.15) is 25.8 Å². The molecule has 0 radical (unpaired) electrons. The van der Waals surface area contributed by atoms with Gasteiger partial charge in [0, 0.05) is 29.1 Å². The molecule has 0 saturated carbocycles. The van der Waals surface area contributed by atoms with Gasteiger partial charge in [-0.2, -0.15) is 0 Å². The Bertz CT molecular complexity index is 1070. The molecule has 7 nitrogen and oxygen atoms in total. The van der Waals surface area contributed by atoms with Crippen LogP contribution in [0.5, 0.6) is 0 Å². The number of hydrogen-bond donors (Lipinski definition) is 4. The van der Waals surface area contributed by atoms with Crippen LogP contribution < -0.4 is 16.2 Å². The Morgan fingerprint density at radius 3 is 2.37 bits per heavy atom. The quantitative estimate of drug-likeness (QED) is 0.384. The molecule has 0 aliphatic rings. The Morgan fingerprint density at radius 1 is 0.967 bits per heavy atom. The molecule has 0 atom stereocenters. The summed E-state index contributed by atoms with van der Waals surface area (Å²) in [7, 11) is 0. The van der Waals surface area contributed by atoms with Crippen molar-refractivity contribution in [3.8, 4) is 11.3 Å². The lowest BCUT2D eigenvalue weighted by Crippen LogP contribution is -2.49. The average molecular weight is 410 g/mol. The van der Waals surface area contributed by atoms with Gasteiger partial charge in [0.2, 0.25) is 5.91 Å². The maximum atomic E-state index is 13.3. The molecule has 1 aromatic heterocycles. The highest BCUT2D eigenvalue weighted by atomic mass is 19.1. The average Bonchev–Trinajstić information content (AvgIpc) is 3.09. The van der Waals surface area contributed by atoms with Crippen LogP contribution in [0.25, 0.3) is 22.2 Å². The number of H-pyrrole nitrogens is 1. The summed E-state index contributed by atoms with van der Waals surface area (Å²) in [5, 5.41) is 3.40. The summed E-state index contributed by atoms with van der Waals surface area (Å²) in [6.07, 6.45) is 0.471. The van der Waals surface area contributed by atoms with E-state index in [1.807, 2.05) is 24.3 Å². The van der Waals surface area contributed by atoms with Gasteiger partial charge in [-0.25, -0.2) is 4.39 Å². The molecule has 1 heterocycles. The zero-order valence-corrected chi connectivity index (χ0v) is 16.7. The molecule has 2 aromatic carbocycles. The SMILES string of the molecule is CC(C)NC(=O)C(=O)NNC(=O)CCc1c(-c2ccc(F)cc2)[nH]c2ccccc12. The maximum absolute atomic E-state index is 13.3. The lowest BCUT2D eigenvalue weighted by Gasteiger charge is -2.10. The number of fused-ring (bicyclic) bond motifs is 1. The van der Waals surface area contributed by atoms with Gasteiger partial charge in [0.05, 0.1) is 0 Å². The zero-order valence-electron chi connectivity index (χ0n) is 16.7. The fourth-order valence-electron chi connectivity index (χ4n) is 3.13.